The summed E-state index contributed by atoms with van der Waals surface area (Å²) in [5.74, 6) is -0.161. The second kappa shape index (κ2) is 7.37. The van der Waals surface area contributed by atoms with E-state index in [4.69, 9.17) is 0 Å². The summed E-state index contributed by atoms with van der Waals surface area (Å²) in [6, 6.07) is 10.00. The Labute approximate surface area is 148 Å². The van der Waals surface area contributed by atoms with Crippen molar-refractivity contribution in [2.24, 2.45) is 5.41 Å². The normalized spacial score (nSPS) is 15.5. The van der Waals surface area contributed by atoms with Crippen LogP contribution in [0.4, 0.5) is 0 Å². The molecule has 0 radical (unpaired) electrons. The third kappa shape index (κ3) is 3.75. The van der Waals surface area contributed by atoms with E-state index in [1.54, 1.807) is 0 Å². The molecule has 0 bridgehead atoms. The molecule has 4 N–H and O–H groups in total. The van der Waals surface area contributed by atoms with Crippen LogP contribution in [0.1, 0.15) is 47.1 Å². The van der Waals surface area contributed by atoms with Gasteiger partial charge in [0.1, 0.15) is 0 Å². The minimum Gasteiger partial charge on any atom is -0.396 e. The Kier molecular flexibility index (Phi) is 5.20. The van der Waals surface area contributed by atoms with Crippen LogP contribution in [0.2, 0.25) is 0 Å². The van der Waals surface area contributed by atoms with Gasteiger partial charge in [0.2, 0.25) is 0 Å². The van der Waals surface area contributed by atoms with E-state index in [0.717, 1.165) is 29.8 Å². The average Bonchev–Trinajstić information content (AvgIpc) is 3.06. The molecule has 1 unspecified atom stereocenters. The van der Waals surface area contributed by atoms with Crippen LogP contribution in [0, 0.1) is 5.41 Å². The molecule has 0 saturated carbocycles. The van der Waals surface area contributed by atoms with Crippen molar-refractivity contribution in [1.29, 1.82) is 0 Å². The van der Waals surface area contributed by atoms with E-state index < -0.39 is 0 Å². The molecule has 1 aromatic heterocycles. The van der Waals surface area contributed by atoms with E-state index in [0.29, 0.717) is 18.8 Å². The maximum absolute atomic E-state index is 12.6. The van der Waals surface area contributed by atoms with Crippen LogP contribution in [-0.2, 0) is 13.0 Å². The lowest BCUT2D eigenvalue weighted by molar-refractivity contribution is 0.0914. The summed E-state index contributed by atoms with van der Waals surface area (Å²) in [5.41, 5.74) is 3.23. The molecule has 0 fully saturated rings. The van der Waals surface area contributed by atoms with E-state index in [1.165, 1.54) is 0 Å². The number of carbonyl (C=O) groups excluding carboxylic acids is 1. The number of fused-ring (bicyclic) bond motifs is 1. The number of nitrogens with zero attached hydrogens (tertiary/aromatic N) is 1. The molecule has 0 aliphatic carbocycles. The van der Waals surface area contributed by atoms with Crippen LogP contribution < -0.4 is 10.6 Å². The molecule has 134 valence electrons. The molecule has 2 aromatic rings. The van der Waals surface area contributed by atoms with Crippen LogP contribution >= 0.6 is 0 Å². The first-order valence-corrected chi connectivity index (χ1v) is 8.74. The fraction of sp³-hybridized carbons (Fsp3) is 0.474. The molecule has 0 spiro atoms. The van der Waals surface area contributed by atoms with Crippen LogP contribution in [0.3, 0.4) is 0 Å². The Hall–Kier alpha value is -2.18. The predicted octanol–water partition coefficient (Wildman–Crippen LogP) is 1.59. The van der Waals surface area contributed by atoms with Crippen LogP contribution in [-0.4, -0.2) is 40.9 Å². The van der Waals surface area contributed by atoms with Gasteiger partial charge >= 0.3 is 0 Å². The van der Waals surface area contributed by atoms with Gasteiger partial charge < -0.3 is 15.7 Å². The molecular formula is C19H26N4O2. The van der Waals surface area contributed by atoms with Crippen molar-refractivity contribution in [3.05, 3.63) is 52.8 Å². The smallest absolute Gasteiger partial charge is 0.272 e. The van der Waals surface area contributed by atoms with E-state index in [9.17, 15) is 9.90 Å². The quantitative estimate of drug-likeness (QED) is 0.642. The van der Waals surface area contributed by atoms with Crippen LogP contribution in [0.25, 0.3) is 0 Å². The van der Waals surface area contributed by atoms with Crippen molar-refractivity contribution in [2.75, 3.05) is 19.7 Å². The molecule has 6 nitrogen and oxygen atoms in total. The fourth-order valence-corrected chi connectivity index (χ4v) is 3.33. The van der Waals surface area contributed by atoms with Crippen LogP contribution in [0.15, 0.2) is 30.3 Å². The molecule has 1 atom stereocenters. The molecule has 1 aromatic carbocycles. The number of amides is 1. The minimum atomic E-state index is -0.346. The molecular weight excluding hydrogens is 316 g/mol. The topological polar surface area (TPSA) is 90.0 Å². The van der Waals surface area contributed by atoms with Crippen LogP contribution in [0.5, 0.6) is 0 Å². The number of hydrogen-bond donors (Lipinski definition) is 4. The first-order chi connectivity index (χ1) is 12.0. The van der Waals surface area contributed by atoms with Gasteiger partial charge in [0.15, 0.2) is 5.69 Å². The first-order valence-electron chi connectivity index (χ1n) is 8.74. The maximum Gasteiger partial charge on any atom is 0.272 e. The first kappa shape index (κ1) is 17.6. The Morgan fingerprint density at radius 2 is 2.12 bits per heavy atom. The SMILES string of the molecule is CC(C)(CO)C(CNC(=O)c1n[nH]c2c1CNCC2)c1ccccc1. The average molecular weight is 342 g/mol. The van der Waals surface area contributed by atoms with Gasteiger partial charge in [-0.3, -0.25) is 9.89 Å². The number of aliphatic hydroxyl groups excluding tert-OH is 1. The molecule has 3 rings (SSSR count). The summed E-state index contributed by atoms with van der Waals surface area (Å²) in [7, 11) is 0. The molecule has 1 aliphatic heterocycles. The van der Waals surface area contributed by atoms with Crippen molar-refractivity contribution < 1.29 is 9.90 Å². The summed E-state index contributed by atoms with van der Waals surface area (Å²) in [6.07, 6.45) is 0.861. The van der Waals surface area contributed by atoms with Gasteiger partial charge in [0.05, 0.1) is 0 Å². The second-order valence-corrected chi connectivity index (χ2v) is 7.28. The van der Waals surface area contributed by atoms with Gasteiger partial charge in [-0.25, -0.2) is 0 Å². The standard InChI is InChI=1S/C19H26N4O2/c1-19(2,12-24)15(13-6-4-3-5-7-13)11-21-18(25)17-14-10-20-9-8-16(14)22-23-17/h3-7,15,20,24H,8-12H2,1-2H3,(H,21,25)(H,22,23). The summed E-state index contributed by atoms with van der Waals surface area (Å²) in [6.45, 7) is 6.08. The molecule has 6 heteroatoms. The second-order valence-electron chi connectivity index (χ2n) is 7.28. The summed E-state index contributed by atoms with van der Waals surface area (Å²) >= 11 is 0. The van der Waals surface area contributed by atoms with Crippen molar-refractivity contribution in [2.45, 2.75) is 32.7 Å². The molecule has 25 heavy (non-hydrogen) atoms. The molecule has 1 aliphatic rings. The van der Waals surface area contributed by atoms with E-state index in [2.05, 4.69) is 20.8 Å². The highest BCUT2D eigenvalue weighted by Crippen LogP contribution is 2.34. The maximum atomic E-state index is 12.6. The monoisotopic (exact) mass is 342 g/mol. The van der Waals surface area contributed by atoms with Crippen molar-refractivity contribution in [3.63, 3.8) is 0 Å². The minimum absolute atomic E-state index is 0.00976. The Morgan fingerprint density at radius 3 is 2.84 bits per heavy atom. The number of H-pyrrole nitrogens is 1. The van der Waals surface area contributed by atoms with Gasteiger partial charge in [0.25, 0.3) is 5.91 Å². The Balaban J connectivity index is 1.75. The summed E-state index contributed by atoms with van der Waals surface area (Å²) in [4.78, 5) is 12.6. The number of carbonyl (C=O) groups is 1. The Bertz CT molecular complexity index is 724. The predicted molar refractivity (Wildman–Crippen MR) is 96.4 cm³/mol. The highest BCUT2D eigenvalue weighted by atomic mass is 16.3. The largest absolute Gasteiger partial charge is 0.396 e. The summed E-state index contributed by atoms with van der Waals surface area (Å²) < 4.78 is 0. The van der Waals surface area contributed by atoms with Crippen molar-refractivity contribution >= 4 is 5.91 Å². The van der Waals surface area contributed by atoms with E-state index in [-0.39, 0.29) is 23.8 Å². The van der Waals surface area contributed by atoms with E-state index in [1.807, 2.05) is 44.2 Å². The van der Waals surface area contributed by atoms with Gasteiger partial charge in [0, 0.05) is 49.8 Å². The lowest BCUT2D eigenvalue weighted by Crippen LogP contribution is -2.37. The highest BCUT2D eigenvalue weighted by molar-refractivity contribution is 5.94. The molecule has 2 heterocycles. The molecule has 0 saturated heterocycles. The number of aromatic nitrogens is 2. The van der Waals surface area contributed by atoms with Gasteiger partial charge in [-0.1, -0.05) is 44.2 Å². The summed E-state index contributed by atoms with van der Waals surface area (Å²) in [5, 5.41) is 23.3. The van der Waals surface area contributed by atoms with Crippen molar-refractivity contribution in [1.82, 2.24) is 20.8 Å². The third-order valence-electron chi connectivity index (χ3n) is 5.04. The van der Waals surface area contributed by atoms with Crippen molar-refractivity contribution in [3.8, 4) is 0 Å². The van der Waals surface area contributed by atoms with Gasteiger partial charge in [-0.2, -0.15) is 5.10 Å². The lowest BCUT2D eigenvalue weighted by Gasteiger charge is -2.33. The zero-order valence-corrected chi connectivity index (χ0v) is 14.8. The highest BCUT2D eigenvalue weighted by Gasteiger charge is 2.31. The van der Waals surface area contributed by atoms with Gasteiger partial charge in [-0.15, -0.1) is 0 Å². The van der Waals surface area contributed by atoms with E-state index >= 15 is 0 Å². The third-order valence-corrected chi connectivity index (χ3v) is 5.04. The number of rotatable bonds is 6. The zero-order chi connectivity index (χ0) is 17.9. The number of benzene rings is 1. The fourth-order valence-electron chi connectivity index (χ4n) is 3.33. The molecule has 1 amide bonds. The number of aliphatic hydroxyl groups is 1. The number of nitrogens with one attached hydrogen (secondary N) is 3. The Morgan fingerprint density at radius 1 is 1.36 bits per heavy atom. The zero-order valence-electron chi connectivity index (χ0n) is 14.8. The van der Waals surface area contributed by atoms with Gasteiger partial charge in [-0.05, 0) is 11.0 Å². The number of hydrogen-bond acceptors (Lipinski definition) is 4. The lowest BCUT2D eigenvalue weighted by atomic mass is 9.75. The number of aromatic amines is 1.